The van der Waals surface area contributed by atoms with E-state index in [9.17, 15) is 0 Å². The number of fused-ring (bicyclic) bond motifs is 4. The van der Waals surface area contributed by atoms with Crippen molar-refractivity contribution in [2.24, 2.45) is 7.05 Å². The summed E-state index contributed by atoms with van der Waals surface area (Å²) in [5.41, 5.74) is 14.4. The van der Waals surface area contributed by atoms with E-state index in [0.717, 1.165) is 61.6 Å². The van der Waals surface area contributed by atoms with Gasteiger partial charge in [-0.25, -0.2) is 14.1 Å². The molecular formula is C48H40N5Pt-. The number of imidazole rings is 1. The Labute approximate surface area is 331 Å². The zero-order valence-corrected chi connectivity index (χ0v) is 33.3. The van der Waals surface area contributed by atoms with Gasteiger partial charge in [0.15, 0.2) is 17.4 Å². The monoisotopic (exact) mass is 881 g/mol. The molecule has 0 unspecified atom stereocenters. The molecule has 6 heteroatoms. The van der Waals surface area contributed by atoms with Gasteiger partial charge in [0, 0.05) is 63.3 Å². The Bertz CT molecular complexity index is 2810. The molecule has 9 rings (SSSR count). The molecule has 0 aliphatic carbocycles. The maximum atomic E-state index is 4.99. The Morgan fingerprint density at radius 3 is 2.15 bits per heavy atom. The largest absolute Gasteiger partial charge is 0.357 e. The molecule has 0 aliphatic heterocycles. The minimum absolute atomic E-state index is 0. The normalized spacial score (nSPS) is 11.4. The average molecular weight is 882 g/mol. The zero-order valence-electron chi connectivity index (χ0n) is 31.0. The first-order valence-corrected chi connectivity index (χ1v) is 18.2. The Morgan fingerprint density at radius 1 is 0.667 bits per heavy atom. The van der Waals surface area contributed by atoms with Gasteiger partial charge in [0.2, 0.25) is 0 Å². The molecule has 0 bridgehead atoms. The van der Waals surface area contributed by atoms with E-state index < -0.39 is 0 Å². The van der Waals surface area contributed by atoms with Crippen LogP contribution in [0.3, 0.4) is 0 Å². The molecular weight excluding hydrogens is 842 g/mol. The van der Waals surface area contributed by atoms with Gasteiger partial charge in [-0.2, -0.15) is 12.1 Å². The van der Waals surface area contributed by atoms with E-state index in [1.807, 2.05) is 6.20 Å². The number of rotatable bonds is 7. The summed E-state index contributed by atoms with van der Waals surface area (Å²) in [6.45, 7) is 8.86. The first kappa shape index (κ1) is 35.3. The third-order valence-corrected chi connectivity index (χ3v) is 10.4. The Balaban J connectivity index is 0.00000413. The van der Waals surface area contributed by atoms with E-state index in [1.54, 1.807) is 0 Å². The van der Waals surface area contributed by atoms with Crippen LogP contribution in [-0.2, 0) is 28.1 Å². The van der Waals surface area contributed by atoms with E-state index in [1.165, 1.54) is 27.6 Å². The quantitative estimate of drug-likeness (QED) is 0.149. The van der Waals surface area contributed by atoms with Gasteiger partial charge in [-0.05, 0) is 83.3 Å². The number of aromatic nitrogens is 4. The van der Waals surface area contributed by atoms with Crippen molar-refractivity contribution in [2.45, 2.75) is 33.6 Å². The van der Waals surface area contributed by atoms with E-state index in [0.29, 0.717) is 5.92 Å². The predicted octanol–water partition coefficient (Wildman–Crippen LogP) is 12.2. The topological polar surface area (TPSA) is 30.9 Å². The molecule has 0 N–H and O–H groups in total. The molecule has 0 spiro atoms. The molecule has 3 aromatic heterocycles. The number of aryl methyl sites for hydroxylation is 3. The fourth-order valence-electron chi connectivity index (χ4n) is 7.92. The third-order valence-electron chi connectivity index (χ3n) is 10.4. The molecule has 5 nitrogen and oxygen atoms in total. The number of pyridine rings is 1. The second-order valence-electron chi connectivity index (χ2n) is 14.2. The summed E-state index contributed by atoms with van der Waals surface area (Å²) in [5, 5.41) is 2.30. The van der Waals surface area contributed by atoms with Gasteiger partial charge in [0.1, 0.15) is 5.82 Å². The molecule has 0 saturated heterocycles. The van der Waals surface area contributed by atoms with E-state index in [-0.39, 0.29) is 21.1 Å². The minimum atomic E-state index is 0. The number of benzene rings is 6. The van der Waals surface area contributed by atoms with E-state index in [2.05, 4.69) is 205 Å². The van der Waals surface area contributed by atoms with Gasteiger partial charge in [-0.3, -0.25) is 0 Å². The van der Waals surface area contributed by atoms with Crippen molar-refractivity contribution in [3.8, 4) is 22.6 Å². The number of para-hydroxylation sites is 4. The molecule has 0 atom stereocenters. The Kier molecular flexibility index (Phi) is 9.29. The smallest absolute Gasteiger partial charge is 0.188 e. The van der Waals surface area contributed by atoms with Crippen molar-refractivity contribution in [1.82, 2.24) is 18.7 Å². The van der Waals surface area contributed by atoms with Crippen LogP contribution in [0.25, 0.3) is 55.5 Å². The van der Waals surface area contributed by atoms with E-state index >= 15 is 0 Å². The first-order valence-electron chi connectivity index (χ1n) is 18.2. The molecule has 54 heavy (non-hydrogen) atoms. The SMILES string of the molecule is Cc1cccc(C)c1N(c1[c-]c(-n2[cH+]n(C)c3ccccc32)ccc1)c1[c-]c2c(cc1)c1ccccc1n2-c1cc(-c2ccccc2C(C)C)ccn1.[Pt]. The molecule has 0 aliphatic rings. The van der Waals surface area contributed by atoms with Crippen LogP contribution in [-0.4, -0.2) is 18.7 Å². The van der Waals surface area contributed by atoms with Gasteiger partial charge >= 0.3 is 0 Å². The van der Waals surface area contributed by atoms with Crippen LogP contribution < -0.4 is 4.90 Å². The fourth-order valence-corrected chi connectivity index (χ4v) is 7.92. The van der Waals surface area contributed by atoms with Crippen molar-refractivity contribution >= 4 is 49.9 Å². The molecule has 3 heterocycles. The average Bonchev–Trinajstić information content (AvgIpc) is 3.70. The number of anilines is 3. The summed E-state index contributed by atoms with van der Waals surface area (Å²) in [5.74, 6) is 1.26. The predicted molar refractivity (Wildman–Crippen MR) is 220 cm³/mol. The van der Waals surface area contributed by atoms with Crippen molar-refractivity contribution in [3.63, 3.8) is 0 Å². The number of nitrogens with zero attached hydrogens (tertiary/aromatic N) is 5. The molecule has 0 saturated carbocycles. The van der Waals surface area contributed by atoms with Crippen LogP contribution in [0.1, 0.15) is 36.5 Å². The number of hydrogen-bond acceptors (Lipinski definition) is 2. The standard InChI is InChI=1S/C48H40N5.Pt/c1-32(2)39-18-6-7-19-40(39)35-26-27-49-47(28-35)53-43-21-9-8-20-41(43)42-25-24-38(30-46(42)53)52(48-33(3)14-12-15-34(48)4)37-17-13-16-36(29-37)51-31-50(5)44-22-10-11-23-45(44)51;/h6-28,31-32H,1-5H3;/q-1;. The van der Waals surface area contributed by atoms with Crippen LogP contribution in [0, 0.1) is 26.0 Å². The van der Waals surface area contributed by atoms with Crippen molar-refractivity contribution in [1.29, 1.82) is 0 Å². The molecule has 6 aromatic carbocycles. The van der Waals surface area contributed by atoms with Gasteiger partial charge in [-0.15, -0.1) is 29.7 Å². The van der Waals surface area contributed by atoms with Crippen LogP contribution >= 0.6 is 0 Å². The van der Waals surface area contributed by atoms with Crippen molar-refractivity contribution in [2.75, 3.05) is 4.90 Å². The summed E-state index contributed by atoms with van der Waals surface area (Å²) in [4.78, 5) is 7.30. The summed E-state index contributed by atoms with van der Waals surface area (Å²) < 4.78 is 6.64. The van der Waals surface area contributed by atoms with E-state index in [4.69, 9.17) is 4.98 Å². The first-order chi connectivity index (χ1) is 25.9. The maximum absolute atomic E-state index is 4.99. The molecule has 0 amide bonds. The van der Waals surface area contributed by atoms with Crippen LogP contribution in [0.2, 0.25) is 0 Å². The fraction of sp³-hybridized carbons (Fsp3) is 0.125. The Morgan fingerprint density at radius 2 is 1.35 bits per heavy atom. The Hall–Kier alpha value is -5.77. The molecule has 0 radical (unpaired) electrons. The van der Waals surface area contributed by atoms with Crippen molar-refractivity contribution in [3.05, 3.63) is 175 Å². The van der Waals surface area contributed by atoms with Gasteiger partial charge < -0.3 is 9.47 Å². The maximum Gasteiger partial charge on any atom is 0.188 e. The summed E-state index contributed by atoms with van der Waals surface area (Å²) >= 11 is 0. The van der Waals surface area contributed by atoms with Crippen molar-refractivity contribution < 1.29 is 21.1 Å². The van der Waals surface area contributed by atoms with Gasteiger partial charge in [0.25, 0.3) is 0 Å². The second-order valence-corrected chi connectivity index (χ2v) is 14.2. The van der Waals surface area contributed by atoms with Gasteiger partial charge in [-0.1, -0.05) is 97.5 Å². The van der Waals surface area contributed by atoms with Crippen LogP contribution in [0.4, 0.5) is 17.1 Å². The van der Waals surface area contributed by atoms with Crippen LogP contribution in [0.5, 0.6) is 0 Å². The zero-order chi connectivity index (χ0) is 36.2. The summed E-state index contributed by atoms with van der Waals surface area (Å²) in [6, 6.07) is 55.1. The minimum Gasteiger partial charge on any atom is -0.357 e. The second kappa shape index (κ2) is 14.2. The number of hydrogen-bond donors (Lipinski definition) is 0. The molecule has 0 fully saturated rings. The summed E-state index contributed by atoms with van der Waals surface area (Å²) in [6.07, 6.45) is 4.06. The summed E-state index contributed by atoms with van der Waals surface area (Å²) in [7, 11) is 2.09. The van der Waals surface area contributed by atoms with Crippen LogP contribution in [0.15, 0.2) is 146 Å². The molecule has 9 aromatic rings. The third kappa shape index (κ3) is 5.93. The molecule has 268 valence electrons. The van der Waals surface area contributed by atoms with Gasteiger partial charge in [0.05, 0.1) is 0 Å².